The van der Waals surface area contributed by atoms with Gasteiger partial charge in [0.05, 0.1) is 6.54 Å². The lowest BCUT2D eigenvalue weighted by molar-refractivity contribution is 0.388. The van der Waals surface area contributed by atoms with Gasteiger partial charge in [0.1, 0.15) is 0 Å². The van der Waals surface area contributed by atoms with Gasteiger partial charge in [-0.05, 0) is 6.07 Å². The molecule has 0 aliphatic heterocycles. The first-order valence-electron chi connectivity index (χ1n) is 4.14. The minimum atomic E-state index is 0.460. The maximum Gasteiger partial charge on any atom is 0.223 e. The van der Waals surface area contributed by atoms with E-state index in [0.717, 1.165) is 0 Å². The average molecular weight is 191 g/mol. The predicted octanol–water partition coefficient (Wildman–Crippen LogP) is 0.780. The van der Waals surface area contributed by atoms with E-state index in [4.69, 9.17) is 4.52 Å². The lowest BCUT2D eigenvalue weighted by Gasteiger charge is -1.98. The van der Waals surface area contributed by atoms with E-state index in [0.29, 0.717) is 24.2 Å². The molecule has 1 N–H and O–H groups in total. The highest BCUT2D eigenvalue weighted by Crippen LogP contribution is 1.99. The Morgan fingerprint density at radius 2 is 2.14 bits per heavy atom. The van der Waals surface area contributed by atoms with E-state index in [1.54, 1.807) is 25.4 Å². The molecule has 0 saturated heterocycles. The number of anilines is 1. The molecular formula is C8H9N5O. The van der Waals surface area contributed by atoms with Crippen LogP contribution in [0.3, 0.4) is 0 Å². The average Bonchev–Trinajstić information content (AvgIpc) is 2.63. The SMILES string of the molecule is Cc1nc(CNc2ncccn2)no1. The van der Waals surface area contributed by atoms with Crippen LogP contribution in [0, 0.1) is 6.92 Å². The highest BCUT2D eigenvalue weighted by molar-refractivity contribution is 5.22. The first-order valence-corrected chi connectivity index (χ1v) is 4.14. The van der Waals surface area contributed by atoms with Crippen LogP contribution in [0.25, 0.3) is 0 Å². The summed E-state index contributed by atoms with van der Waals surface area (Å²) in [7, 11) is 0. The molecule has 0 radical (unpaired) electrons. The molecule has 0 bridgehead atoms. The molecule has 0 spiro atoms. The van der Waals surface area contributed by atoms with Crippen molar-refractivity contribution in [2.75, 3.05) is 5.32 Å². The Hall–Kier alpha value is -1.98. The molecule has 0 saturated carbocycles. The van der Waals surface area contributed by atoms with E-state index < -0.39 is 0 Å². The van der Waals surface area contributed by atoms with Crippen molar-refractivity contribution in [3.63, 3.8) is 0 Å². The number of nitrogens with zero attached hydrogens (tertiary/aromatic N) is 4. The second-order valence-electron chi connectivity index (χ2n) is 2.66. The quantitative estimate of drug-likeness (QED) is 0.772. The van der Waals surface area contributed by atoms with Crippen molar-refractivity contribution in [2.45, 2.75) is 13.5 Å². The molecule has 0 aromatic carbocycles. The fourth-order valence-electron chi connectivity index (χ4n) is 0.962. The van der Waals surface area contributed by atoms with Crippen molar-refractivity contribution in [1.82, 2.24) is 20.1 Å². The Kier molecular flexibility index (Phi) is 2.35. The first kappa shape index (κ1) is 8.61. The van der Waals surface area contributed by atoms with Crippen LogP contribution in [0.15, 0.2) is 23.0 Å². The van der Waals surface area contributed by atoms with Crippen molar-refractivity contribution in [1.29, 1.82) is 0 Å². The van der Waals surface area contributed by atoms with E-state index in [1.807, 2.05) is 0 Å². The maximum atomic E-state index is 4.81. The number of aromatic nitrogens is 4. The summed E-state index contributed by atoms with van der Waals surface area (Å²) in [6.45, 7) is 2.21. The molecule has 2 aromatic heterocycles. The summed E-state index contributed by atoms with van der Waals surface area (Å²) in [5.74, 6) is 1.70. The zero-order valence-corrected chi connectivity index (χ0v) is 7.64. The van der Waals surface area contributed by atoms with Gasteiger partial charge < -0.3 is 9.84 Å². The Balaban J connectivity index is 1.95. The minimum Gasteiger partial charge on any atom is -0.347 e. The first-order chi connectivity index (χ1) is 6.84. The van der Waals surface area contributed by atoms with Gasteiger partial charge in [0.15, 0.2) is 5.82 Å². The monoisotopic (exact) mass is 191 g/mol. The summed E-state index contributed by atoms with van der Waals surface area (Å²) in [5, 5.41) is 6.69. The third-order valence-electron chi connectivity index (χ3n) is 1.54. The minimum absolute atomic E-state index is 0.460. The van der Waals surface area contributed by atoms with Gasteiger partial charge in [-0.1, -0.05) is 5.16 Å². The molecule has 2 aromatic rings. The molecule has 0 atom stereocenters. The van der Waals surface area contributed by atoms with Crippen LogP contribution in [0.1, 0.15) is 11.7 Å². The molecule has 0 aliphatic carbocycles. The van der Waals surface area contributed by atoms with Crippen LogP contribution in [0.4, 0.5) is 5.95 Å². The molecule has 0 unspecified atom stereocenters. The van der Waals surface area contributed by atoms with Crippen molar-refractivity contribution in [3.8, 4) is 0 Å². The zero-order chi connectivity index (χ0) is 9.80. The number of aryl methyl sites for hydroxylation is 1. The van der Waals surface area contributed by atoms with Gasteiger partial charge in [-0.15, -0.1) is 0 Å². The van der Waals surface area contributed by atoms with Gasteiger partial charge in [-0.2, -0.15) is 4.98 Å². The second kappa shape index (κ2) is 3.82. The Morgan fingerprint density at radius 1 is 1.36 bits per heavy atom. The van der Waals surface area contributed by atoms with Crippen molar-refractivity contribution >= 4 is 5.95 Å². The Morgan fingerprint density at radius 3 is 2.79 bits per heavy atom. The third-order valence-corrected chi connectivity index (χ3v) is 1.54. The predicted molar refractivity (Wildman–Crippen MR) is 48.4 cm³/mol. The summed E-state index contributed by atoms with van der Waals surface area (Å²) < 4.78 is 4.81. The van der Waals surface area contributed by atoms with E-state index >= 15 is 0 Å². The molecule has 6 nitrogen and oxygen atoms in total. The molecule has 2 rings (SSSR count). The van der Waals surface area contributed by atoms with Crippen molar-refractivity contribution in [3.05, 3.63) is 30.2 Å². The molecule has 0 fully saturated rings. The summed E-state index contributed by atoms with van der Waals surface area (Å²) in [6, 6.07) is 1.75. The van der Waals surface area contributed by atoms with E-state index in [2.05, 4.69) is 25.4 Å². The number of rotatable bonds is 3. The van der Waals surface area contributed by atoms with Gasteiger partial charge >= 0.3 is 0 Å². The maximum absolute atomic E-state index is 4.81. The fraction of sp³-hybridized carbons (Fsp3) is 0.250. The molecule has 2 heterocycles. The van der Waals surface area contributed by atoms with Crippen LogP contribution in [0.2, 0.25) is 0 Å². The van der Waals surface area contributed by atoms with Crippen LogP contribution < -0.4 is 5.32 Å². The summed E-state index contributed by atoms with van der Waals surface area (Å²) in [4.78, 5) is 12.0. The number of nitrogens with one attached hydrogen (secondary N) is 1. The van der Waals surface area contributed by atoms with Crippen LogP contribution in [-0.4, -0.2) is 20.1 Å². The molecule has 0 amide bonds. The largest absolute Gasteiger partial charge is 0.347 e. The highest BCUT2D eigenvalue weighted by Gasteiger charge is 2.01. The molecule has 14 heavy (non-hydrogen) atoms. The van der Waals surface area contributed by atoms with Gasteiger partial charge in [0.2, 0.25) is 11.8 Å². The summed E-state index contributed by atoms with van der Waals surface area (Å²) >= 11 is 0. The van der Waals surface area contributed by atoms with E-state index in [1.165, 1.54) is 0 Å². The van der Waals surface area contributed by atoms with Crippen molar-refractivity contribution < 1.29 is 4.52 Å². The normalized spacial score (nSPS) is 10.1. The highest BCUT2D eigenvalue weighted by atomic mass is 16.5. The summed E-state index contributed by atoms with van der Waals surface area (Å²) in [5.41, 5.74) is 0. The van der Waals surface area contributed by atoms with Gasteiger partial charge in [0.25, 0.3) is 0 Å². The Labute approximate surface area is 80.4 Å². The lowest BCUT2D eigenvalue weighted by Crippen LogP contribution is -2.04. The van der Waals surface area contributed by atoms with Gasteiger partial charge in [0, 0.05) is 19.3 Å². The van der Waals surface area contributed by atoms with Crippen LogP contribution in [0.5, 0.6) is 0 Å². The molecule has 0 aliphatic rings. The van der Waals surface area contributed by atoms with Crippen LogP contribution in [-0.2, 0) is 6.54 Å². The van der Waals surface area contributed by atoms with Gasteiger partial charge in [-0.3, -0.25) is 0 Å². The molecular weight excluding hydrogens is 182 g/mol. The van der Waals surface area contributed by atoms with E-state index in [-0.39, 0.29) is 0 Å². The standard InChI is InChI=1S/C8H9N5O/c1-6-12-7(13-14-6)5-11-8-9-3-2-4-10-8/h2-4H,5H2,1H3,(H,9,10,11). The fourth-order valence-corrected chi connectivity index (χ4v) is 0.962. The Bertz CT molecular complexity index is 399. The number of hydrogen-bond acceptors (Lipinski definition) is 6. The number of hydrogen-bond donors (Lipinski definition) is 1. The lowest BCUT2D eigenvalue weighted by atomic mass is 10.6. The molecule has 72 valence electrons. The topological polar surface area (TPSA) is 76.7 Å². The third kappa shape index (κ3) is 2.03. The van der Waals surface area contributed by atoms with Crippen molar-refractivity contribution in [2.24, 2.45) is 0 Å². The smallest absolute Gasteiger partial charge is 0.223 e. The zero-order valence-electron chi connectivity index (χ0n) is 7.64. The van der Waals surface area contributed by atoms with Crippen LogP contribution >= 0.6 is 0 Å². The second-order valence-corrected chi connectivity index (χ2v) is 2.66. The van der Waals surface area contributed by atoms with E-state index in [9.17, 15) is 0 Å². The van der Waals surface area contributed by atoms with Gasteiger partial charge in [-0.25, -0.2) is 9.97 Å². The summed E-state index contributed by atoms with van der Waals surface area (Å²) in [6.07, 6.45) is 3.33. The molecule has 6 heteroatoms.